The van der Waals surface area contributed by atoms with Crippen molar-refractivity contribution in [3.05, 3.63) is 29.3 Å². The van der Waals surface area contributed by atoms with Crippen LogP contribution in [0.25, 0.3) is 0 Å². The van der Waals surface area contributed by atoms with Crippen molar-refractivity contribution in [1.29, 1.82) is 0 Å². The lowest BCUT2D eigenvalue weighted by Crippen LogP contribution is -2.34. The van der Waals surface area contributed by atoms with Crippen LogP contribution >= 0.6 is 0 Å². The average molecular weight is 288 g/mol. The predicted molar refractivity (Wildman–Crippen MR) is 82.4 cm³/mol. The summed E-state index contributed by atoms with van der Waals surface area (Å²) in [6, 6.07) is 5.79. The number of carbonyl (C=O) groups is 1. The molecule has 1 saturated carbocycles. The summed E-state index contributed by atoms with van der Waals surface area (Å²) >= 11 is 0. The molecule has 1 aromatic rings. The van der Waals surface area contributed by atoms with Gasteiger partial charge in [-0.25, -0.2) is 0 Å². The van der Waals surface area contributed by atoms with Gasteiger partial charge in [0.2, 0.25) is 0 Å². The van der Waals surface area contributed by atoms with E-state index in [0.29, 0.717) is 24.5 Å². The molecule has 1 atom stereocenters. The van der Waals surface area contributed by atoms with Crippen molar-refractivity contribution in [3.63, 3.8) is 0 Å². The maximum atomic E-state index is 12.1. The number of ether oxygens (including phenoxy) is 1. The summed E-state index contributed by atoms with van der Waals surface area (Å²) in [6.45, 7) is 3.34. The van der Waals surface area contributed by atoms with E-state index in [0.717, 1.165) is 18.4 Å². The van der Waals surface area contributed by atoms with E-state index in [1.54, 1.807) is 0 Å². The van der Waals surface area contributed by atoms with Crippen LogP contribution in [0, 0.1) is 5.41 Å². The van der Waals surface area contributed by atoms with Crippen molar-refractivity contribution in [2.24, 2.45) is 11.1 Å². The number of rotatable bonds is 2. The number of fused-ring (bicyclic) bond motifs is 1. The molecule has 21 heavy (non-hydrogen) atoms. The van der Waals surface area contributed by atoms with E-state index < -0.39 is 0 Å². The number of nitrogens with one attached hydrogen (secondary N) is 1. The van der Waals surface area contributed by atoms with Gasteiger partial charge in [0, 0.05) is 6.04 Å². The molecular formula is C17H24N2O2. The van der Waals surface area contributed by atoms with E-state index in [1.165, 1.54) is 19.3 Å². The highest BCUT2D eigenvalue weighted by Gasteiger charge is 2.34. The second-order valence-corrected chi connectivity index (χ2v) is 6.55. The van der Waals surface area contributed by atoms with E-state index in [9.17, 15) is 4.79 Å². The molecule has 3 rings (SSSR count). The minimum absolute atomic E-state index is 0.0286. The van der Waals surface area contributed by atoms with Crippen LogP contribution in [0.4, 0.5) is 0 Å². The van der Waals surface area contributed by atoms with Crippen LogP contribution < -0.4 is 15.8 Å². The molecule has 0 aromatic heterocycles. The largest absolute Gasteiger partial charge is 0.491 e. The SMILES string of the molecule is CC1(C(N)c2ccc3c(c2)C(=O)NCCO3)CCCCC1. The van der Waals surface area contributed by atoms with Crippen LogP contribution in [0.2, 0.25) is 0 Å². The fraction of sp³-hybridized carbons (Fsp3) is 0.588. The van der Waals surface area contributed by atoms with Crippen molar-refractivity contribution < 1.29 is 9.53 Å². The molecule has 4 heteroatoms. The van der Waals surface area contributed by atoms with Crippen molar-refractivity contribution in [2.75, 3.05) is 13.2 Å². The van der Waals surface area contributed by atoms with Crippen LogP contribution in [-0.2, 0) is 0 Å². The third-order valence-corrected chi connectivity index (χ3v) is 5.00. The van der Waals surface area contributed by atoms with Crippen molar-refractivity contribution in [1.82, 2.24) is 5.32 Å². The standard InChI is InChI=1S/C17H24N2O2/c1-17(7-3-2-4-8-17)15(18)12-5-6-14-13(11-12)16(20)19-9-10-21-14/h5-6,11,15H,2-4,7-10,18H2,1H3,(H,19,20). The first-order valence-electron chi connectivity index (χ1n) is 7.91. The highest BCUT2D eigenvalue weighted by molar-refractivity contribution is 5.97. The maximum Gasteiger partial charge on any atom is 0.255 e. The predicted octanol–water partition coefficient (Wildman–Crippen LogP) is 2.78. The Labute approximate surface area is 126 Å². The lowest BCUT2D eigenvalue weighted by Gasteiger charge is -2.39. The first kappa shape index (κ1) is 14.4. The van der Waals surface area contributed by atoms with Gasteiger partial charge in [-0.2, -0.15) is 0 Å². The van der Waals surface area contributed by atoms with Crippen molar-refractivity contribution in [2.45, 2.75) is 45.1 Å². The molecule has 4 nitrogen and oxygen atoms in total. The average Bonchev–Trinajstić information content (AvgIpc) is 2.69. The van der Waals surface area contributed by atoms with E-state index in [2.05, 4.69) is 12.2 Å². The summed E-state index contributed by atoms with van der Waals surface area (Å²) in [5, 5.41) is 2.85. The quantitative estimate of drug-likeness (QED) is 0.879. The van der Waals surface area contributed by atoms with Crippen LogP contribution in [-0.4, -0.2) is 19.1 Å². The number of nitrogens with two attached hydrogens (primary N) is 1. The number of hydrogen-bond donors (Lipinski definition) is 2. The fourth-order valence-electron chi connectivity index (χ4n) is 3.54. The maximum absolute atomic E-state index is 12.1. The molecule has 2 aliphatic rings. The third kappa shape index (κ3) is 2.77. The fourth-order valence-corrected chi connectivity index (χ4v) is 3.54. The lowest BCUT2D eigenvalue weighted by molar-refractivity contribution is 0.0956. The summed E-state index contributed by atoms with van der Waals surface area (Å²) in [5.41, 5.74) is 8.33. The number of carbonyl (C=O) groups excluding carboxylic acids is 1. The zero-order valence-electron chi connectivity index (χ0n) is 12.7. The van der Waals surface area contributed by atoms with Crippen LogP contribution in [0.5, 0.6) is 5.75 Å². The Kier molecular flexibility index (Phi) is 3.89. The Morgan fingerprint density at radius 1 is 1.29 bits per heavy atom. The molecule has 114 valence electrons. The molecule has 3 N–H and O–H groups in total. The molecule has 0 bridgehead atoms. The summed E-state index contributed by atoms with van der Waals surface area (Å²) in [6.07, 6.45) is 6.13. The second kappa shape index (κ2) is 5.68. The van der Waals surface area contributed by atoms with Gasteiger partial charge in [-0.15, -0.1) is 0 Å². The lowest BCUT2D eigenvalue weighted by atomic mass is 9.69. The second-order valence-electron chi connectivity index (χ2n) is 6.55. The monoisotopic (exact) mass is 288 g/mol. The van der Waals surface area contributed by atoms with Crippen LogP contribution in [0.1, 0.15) is 61.0 Å². The topological polar surface area (TPSA) is 64.4 Å². The summed E-state index contributed by atoms with van der Waals surface area (Å²) in [4.78, 5) is 12.1. The third-order valence-electron chi connectivity index (χ3n) is 5.00. The number of amides is 1. The molecule has 1 aliphatic carbocycles. The smallest absolute Gasteiger partial charge is 0.255 e. The first-order chi connectivity index (χ1) is 10.1. The van der Waals surface area contributed by atoms with Gasteiger partial charge in [0.25, 0.3) is 5.91 Å². The highest BCUT2D eigenvalue weighted by atomic mass is 16.5. The molecule has 1 unspecified atom stereocenters. The normalized spacial score (nSPS) is 22.5. The Balaban J connectivity index is 1.90. The first-order valence-corrected chi connectivity index (χ1v) is 7.91. The van der Waals surface area contributed by atoms with E-state index >= 15 is 0 Å². The van der Waals surface area contributed by atoms with E-state index in [4.69, 9.17) is 10.5 Å². The summed E-state index contributed by atoms with van der Waals surface area (Å²) in [7, 11) is 0. The van der Waals surface area contributed by atoms with Gasteiger partial charge in [-0.1, -0.05) is 32.3 Å². The van der Waals surface area contributed by atoms with Gasteiger partial charge in [0.15, 0.2) is 0 Å². The highest BCUT2D eigenvalue weighted by Crippen LogP contribution is 2.44. The molecule has 1 heterocycles. The molecule has 0 saturated heterocycles. The Bertz CT molecular complexity index is 536. The van der Waals surface area contributed by atoms with Crippen molar-refractivity contribution in [3.8, 4) is 5.75 Å². The molecular weight excluding hydrogens is 264 g/mol. The molecule has 1 aliphatic heterocycles. The van der Waals surface area contributed by atoms with Crippen molar-refractivity contribution >= 4 is 5.91 Å². The Morgan fingerprint density at radius 3 is 2.81 bits per heavy atom. The van der Waals surface area contributed by atoms with Crippen LogP contribution in [0.15, 0.2) is 18.2 Å². The zero-order chi connectivity index (χ0) is 14.9. The minimum atomic E-state index is -0.0645. The van der Waals surface area contributed by atoms with E-state index in [1.807, 2.05) is 18.2 Å². The van der Waals surface area contributed by atoms with Gasteiger partial charge >= 0.3 is 0 Å². The molecule has 0 spiro atoms. The van der Waals surface area contributed by atoms with Gasteiger partial charge in [-0.05, 0) is 36.0 Å². The molecule has 1 fully saturated rings. The van der Waals surface area contributed by atoms with Gasteiger partial charge in [0.05, 0.1) is 12.1 Å². The van der Waals surface area contributed by atoms with Gasteiger partial charge in [0.1, 0.15) is 12.4 Å². The van der Waals surface area contributed by atoms with Gasteiger partial charge < -0.3 is 15.8 Å². The minimum Gasteiger partial charge on any atom is -0.491 e. The van der Waals surface area contributed by atoms with E-state index in [-0.39, 0.29) is 17.4 Å². The zero-order valence-corrected chi connectivity index (χ0v) is 12.7. The number of hydrogen-bond acceptors (Lipinski definition) is 3. The Morgan fingerprint density at radius 2 is 2.05 bits per heavy atom. The molecule has 1 amide bonds. The van der Waals surface area contributed by atoms with Crippen LogP contribution in [0.3, 0.4) is 0 Å². The summed E-state index contributed by atoms with van der Waals surface area (Å²) in [5.74, 6) is 0.597. The Hall–Kier alpha value is -1.55. The number of benzene rings is 1. The summed E-state index contributed by atoms with van der Waals surface area (Å²) < 4.78 is 5.60. The molecule has 1 aromatic carbocycles. The van der Waals surface area contributed by atoms with Gasteiger partial charge in [-0.3, -0.25) is 4.79 Å². The molecule has 0 radical (unpaired) electrons.